The minimum atomic E-state index is -1.39. The standard InChI is InChI=1S/C34H26O15/c1-5-27(37)44-22-9-16(10-23(31(22)41)45-28(38)6-2)33-26(15-19-20(36)13-18(35)14-21(19)48-33)49-34(43)17-11-24(46-29(39)7-3)32(42)25(12-17)47-30(40)8-4/h5-14,26,33,35-36,41-42H,1-4,15H2. The van der Waals surface area contributed by atoms with Crippen LogP contribution in [0.5, 0.6) is 51.7 Å². The Labute approximate surface area is 276 Å². The summed E-state index contributed by atoms with van der Waals surface area (Å²) < 4.78 is 32.0. The molecule has 2 atom stereocenters. The molecule has 15 heteroatoms. The maximum Gasteiger partial charge on any atom is 0.338 e. The molecule has 0 saturated carbocycles. The fourth-order valence-electron chi connectivity index (χ4n) is 4.42. The van der Waals surface area contributed by atoms with Crippen LogP contribution in [0.1, 0.15) is 27.6 Å². The van der Waals surface area contributed by atoms with E-state index in [0.717, 1.165) is 60.7 Å². The van der Waals surface area contributed by atoms with Crippen molar-refractivity contribution in [2.24, 2.45) is 0 Å². The molecule has 4 rings (SSSR count). The van der Waals surface area contributed by atoms with Crippen molar-refractivity contribution in [2.45, 2.75) is 18.6 Å². The van der Waals surface area contributed by atoms with Gasteiger partial charge in [-0.25, -0.2) is 24.0 Å². The molecule has 3 aromatic rings. The van der Waals surface area contributed by atoms with Crippen molar-refractivity contribution in [1.29, 1.82) is 0 Å². The fraction of sp³-hybridized carbons (Fsp3) is 0.0882. The molecule has 0 aromatic heterocycles. The van der Waals surface area contributed by atoms with Crippen molar-refractivity contribution in [1.82, 2.24) is 0 Å². The molecule has 1 heterocycles. The fourth-order valence-corrected chi connectivity index (χ4v) is 4.42. The van der Waals surface area contributed by atoms with Crippen molar-refractivity contribution < 1.29 is 72.8 Å². The number of fused-ring (bicyclic) bond motifs is 1. The Hall–Kier alpha value is -7.03. The van der Waals surface area contributed by atoms with E-state index in [1.165, 1.54) is 0 Å². The first kappa shape index (κ1) is 34.8. The van der Waals surface area contributed by atoms with E-state index in [0.29, 0.717) is 0 Å². The highest BCUT2D eigenvalue weighted by Gasteiger charge is 2.38. The molecule has 4 N–H and O–H groups in total. The lowest BCUT2D eigenvalue weighted by molar-refractivity contribution is -0.130. The Morgan fingerprint density at radius 2 is 1.08 bits per heavy atom. The molecule has 0 spiro atoms. The zero-order valence-electron chi connectivity index (χ0n) is 25.2. The van der Waals surface area contributed by atoms with Crippen LogP contribution >= 0.6 is 0 Å². The van der Waals surface area contributed by atoms with E-state index in [-0.39, 0.29) is 29.0 Å². The summed E-state index contributed by atoms with van der Waals surface area (Å²) in [5.74, 6) is -9.98. The minimum absolute atomic E-state index is 0.0188. The summed E-state index contributed by atoms with van der Waals surface area (Å²) in [5, 5.41) is 41.9. The van der Waals surface area contributed by atoms with Crippen LogP contribution in [0.2, 0.25) is 0 Å². The lowest BCUT2D eigenvalue weighted by Crippen LogP contribution is -2.35. The van der Waals surface area contributed by atoms with Gasteiger partial charge in [0.05, 0.1) is 5.56 Å². The lowest BCUT2D eigenvalue weighted by Gasteiger charge is -2.34. The van der Waals surface area contributed by atoms with Crippen LogP contribution in [-0.4, -0.2) is 56.4 Å². The van der Waals surface area contributed by atoms with Crippen LogP contribution in [0.3, 0.4) is 0 Å². The molecule has 0 fully saturated rings. The molecule has 252 valence electrons. The first-order valence-corrected chi connectivity index (χ1v) is 13.8. The predicted octanol–water partition coefficient (Wildman–Crippen LogP) is 3.78. The summed E-state index contributed by atoms with van der Waals surface area (Å²) in [6, 6.07) is 6.22. The number of carbonyl (C=O) groups is 5. The molecular formula is C34H26O15. The molecule has 0 radical (unpaired) electrons. The molecule has 0 bridgehead atoms. The molecular weight excluding hydrogens is 648 g/mol. The third-order valence-electron chi connectivity index (χ3n) is 6.60. The maximum absolute atomic E-state index is 13.6. The van der Waals surface area contributed by atoms with Gasteiger partial charge in [-0.1, -0.05) is 26.3 Å². The number of benzene rings is 3. The molecule has 15 nitrogen and oxygen atoms in total. The van der Waals surface area contributed by atoms with Crippen LogP contribution < -0.4 is 23.7 Å². The van der Waals surface area contributed by atoms with Crippen molar-refractivity contribution in [2.75, 3.05) is 0 Å². The molecule has 3 aromatic carbocycles. The average molecular weight is 675 g/mol. The predicted molar refractivity (Wildman–Crippen MR) is 166 cm³/mol. The minimum Gasteiger partial charge on any atom is -0.508 e. The Morgan fingerprint density at radius 1 is 0.653 bits per heavy atom. The number of carbonyl (C=O) groups excluding carboxylic acids is 5. The SMILES string of the molecule is C=CC(=O)Oc1cc(C(=O)OC2Cc3c(O)cc(O)cc3OC2c2cc(OC(=O)C=C)c(O)c(OC(=O)C=C)c2)cc(OC(=O)C=C)c1O. The summed E-state index contributed by atoms with van der Waals surface area (Å²) in [7, 11) is 0. The van der Waals surface area contributed by atoms with Gasteiger partial charge < -0.3 is 48.8 Å². The number of hydrogen-bond donors (Lipinski definition) is 4. The first-order valence-electron chi connectivity index (χ1n) is 13.8. The van der Waals surface area contributed by atoms with E-state index < -0.39 is 87.9 Å². The highest BCUT2D eigenvalue weighted by atomic mass is 16.6. The number of esters is 5. The number of phenols is 4. The Morgan fingerprint density at radius 3 is 1.51 bits per heavy atom. The highest BCUT2D eigenvalue weighted by molar-refractivity contribution is 5.93. The van der Waals surface area contributed by atoms with E-state index >= 15 is 0 Å². The van der Waals surface area contributed by atoms with Crippen LogP contribution in [0, 0.1) is 0 Å². The van der Waals surface area contributed by atoms with Gasteiger partial charge in [0.15, 0.2) is 29.1 Å². The van der Waals surface area contributed by atoms with Gasteiger partial charge in [-0.15, -0.1) is 0 Å². The molecule has 0 aliphatic carbocycles. The quantitative estimate of drug-likeness (QED) is 0.129. The second-order valence-corrected chi connectivity index (χ2v) is 9.82. The van der Waals surface area contributed by atoms with E-state index in [1.54, 1.807) is 0 Å². The Bertz CT molecular complexity index is 1840. The van der Waals surface area contributed by atoms with E-state index in [9.17, 15) is 44.4 Å². The van der Waals surface area contributed by atoms with Crippen molar-refractivity contribution in [3.63, 3.8) is 0 Å². The van der Waals surface area contributed by atoms with Gasteiger partial charge >= 0.3 is 29.8 Å². The molecule has 0 saturated heterocycles. The Balaban J connectivity index is 1.84. The zero-order chi connectivity index (χ0) is 36.0. The number of aromatic hydroxyl groups is 4. The van der Waals surface area contributed by atoms with Gasteiger partial charge in [-0.3, -0.25) is 0 Å². The van der Waals surface area contributed by atoms with Crippen LogP contribution in [0.15, 0.2) is 87.0 Å². The smallest absolute Gasteiger partial charge is 0.338 e. The third kappa shape index (κ3) is 7.86. The monoisotopic (exact) mass is 674 g/mol. The van der Waals surface area contributed by atoms with E-state index in [1.807, 2.05) is 0 Å². The van der Waals surface area contributed by atoms with Gasteiger partial charge in [-0.05, 0) is 24.3 Å². The zero-order valence-corrected chi connectivity index (χ0v) is 25.2. The largest absolute Gasteiger partial charge is 0.508 e. The number of rotatable bonds is 11. The summed E-state index contributed by atoms with van der Waals surface area (Å²) in [6.45, 7) is 13.1. The number of phenolic OH excluding ortho intramolecular Hbond substituents is 4. The van der Waals surface area contributed by atoms with E-state index in [2.05, 4.69) is 26.3 Å². The third-order valence-corrected chi connectivity index (χ3v) is 6.60. The van der Waals surface area contributed by atoms with Crippen molar-refractivity contribution in [3.8, 4) is 51.7 Å². The van der Waals surface area contributed by atoms with Gasteiger partial charge in [-0.2, -0.15) is 0 Å². The summed E-state index contributed by atoms with van der Waals surface area (Å²) >= 11 is 0. The van der Waals surface area contributed by atoms with Gasteiger partial charge in [0.1, 0.15) is 23.4 Å². The second kappa shape index (κ2) is 14.6. The Kier molecular flexibility index (Phi) is 10.4. The average Bonchev–Trinajstić information content (AvgIpc) is 3.07. The van der Waals surface area contributed by atoms with Gasteiger partial charge in [0.25, 0.3) is 0 Å². The molecule has 0 amide bonds. The van der Waals surface area contributed by atoms with Gasteiger partial charge in [0, 0.05) is 54.0 Å². The molecule has 2 unspecified atom stereocenters. The second-order valence-electron chi connectivity index (χ2n) is 9.82. The molecule has 1 aliphatic heterocycles. The molecule has 49 heavy (non-hydrogen) atoms. The first-order chi connectivity index (χ1) is 23.3. The van der Waals surface area contributed by atoms with Crippen molar-refractivity contribution >= 4 is 29.8 Å². The number of ether oxygens (including phenoxy) is 6. The summed E-state index contributed by atoms with van der Waals surface area (Å²) in [5.41, 5.74) is -0.341. The van der Waals surface area contributed by atoms with Crippen molar-refractivity contribution in [3.05, 3.63) is 104 Å². The van der Waals surface area contributed by atoms with E-state index in [4.69, 9.17) is 28.4 Å². The van der Waals surface area contributed by atoms with Gasteiger partial charge in [0.2, 0.25) is 11.5 Å². The normalized spacial score (nSPS) is 14.4. The molecule has 1 aliphatic rings. The topological polar surface area (TPSA) is 222 Å². The number of hydrogen-bond acceptors (Lipinski definition) is 15. The van der Waals surface area contributed by atoms with Crippen LogP contribution in [-0.2, 0) is 30.3 Å². The lowest BCUT2D eigenvalue weighted by atomic mass is 9.93. The summed E-state index contributed by atoms with van der Waals surface area (Å²) in [4.78, 5) is 61.5. The summed E-state index contributed by atoms with van der Waals surface area (Å²) in [6.07, 6.45) is 0.0614. The van der Waals surface area contributed by atoms with Crippen LogP contribution in [0.25, 0.3) is 0 Å². The van der Waals surface area contributed by atoms with Crippen LogP contribution in [0.4, 0.5) is 0 Å². The maximum atomic E-state index is 13.6. The highest BCUT2D eigenvalue weighted by Crippen LogP contribution is 2.47.